The second-order valence-corrected chi connectivity index (χ2v) is 7.95. The Balaban J connectivity index is 3.13. The van der Waals surface area contributed by atoms with Gasteiger partial charge in [0.2, 0.25) is 0 Å². The van der Waals surface area contributed by atoms with Gasteiger partial charge in [-0.2, -0.15) is 16.8 Å². The Labute approximate surface area is 149 Å². The Morgan fingerprint density at radius 2 is 1.23 bits per heavy atom. The third kappa shape index (κ3) is 3.57. The van der Waals surface area contributed by atoms with Gasteiger partial charge in [0, 0.05) is 5.56 Å². The Bertz CT molecular complexity index is 1110. The van der Waals surface area contributed by atoms with E-state index in [0.717, 1.165) is 6.07 Å². The zero-order valence-corrected chi connectivity index (χ0v) is 14.8. The molecule has 0 amide bonds. The van der Waals surface area contributed by atoms with Crippen LogP contribution < -0.4 is 22.9 Å². The SMILES string of the molecule is Nc1cc(C(=C(c2ccccc2)S(=O)(=O)O)S(=O)(=O)O)c(N)c(N)c1N. The van der Waals surface area contributed by atoms with E-state index in [9.17, 15) is 25.9 Å². The summed E-state index contributed by atoms with van der Waals surface area (Å²) >= 11 is 0. The minimum atomic E-state index is -5.21. The van der Waals surface area contributed by atoms with Gasteiger partial charge in [0.25, 0.3) is 20.2 Å². The number of anilines is 4. The van der Waals surface area contributed by atoms with Crippen LogP contribution in [0.3, 0.4) is 0 Å². The van der Waals surface area contributed by atoms with E-state index in [-0.39, 0.29) is 22.6 Å². The average Bonchev–Trinajstić information content (AvgIpc) is 2.53. The molecule has 2 aromatic carbocycles. The van der Waals surface area contributed by atoms with Crippen molar-refractivity contribution in [2.45, 2.75) is 0 Å². The monoisotopic (exact) mass is 400 g/mol. The van der Waals surface area contributed by atoms with Gasteiger partial charge in [-0.25, -0.2) is 0 Å². The van der Waals surface area contributed by atoms with Crippen molar-refractivity contribution in [3.8, 4) is 0 Å². The van der Waals surface area contributed by atoms with E-state index in [4.69, 9.17) is 22.9 Å². The summed E-state index contributed by atoms with van der Waals surface area (Å²) in [5.74, 6) is 0. The molecule has 0 aliphatic heterocycles. The van der Waals surface area contributed by atoms with Crippen LogP contribution in [-0.2, 0) is 20.2 Å². The van der Waals surface area contributed by atoms with Crippen molar-refractivity contribution >= 4 is 52.8 Å². The summed E-state index contributed by atoms with van der Waals surface area (Å²) in [5, 5.41) is 0. The number of hydrogen-bond donors (Lipinski definition) is 6. The molecule has 2 rings (SSSR count). The zero-order valence-electron chi connectivity index (χ0n) is 13.1. The van der Waals surface area contributed by atoms with Crippen molar-refractivity contribution in [1.29, 1.82) is 0 Å². The molecule has 0 saturated heterocycles. The summed E-state index contributed by atoms with van der Waals surface area (Å²) in [6, 6.07) is 7.71. The molecule has 0 heterocycles. The van der Waals surface area contributed by atoms with Gasteiger partial charge >= 0.3 is 0 Å². The highest BCUT2D eigenvalue weighted by molar-refractivity contribution is 8.01. The van der Waals surface area contributed by atoms with E-state index in [1.54, 1.807) is 0 Å². The predicted octanol–water partition coefficient (Wildman–Crippen LogP) is 0.617. The Hall–Kier alpha value is -2.80. The summed E-state index contributed by atoms with van der Waals surface area (Å²) in [6.07, 6.45) is 0. The topological polar surface area (TPSA) is 213 Å². The quantitative estimate of drug-likeness (QED) is 0.239. The van der Waals surface area contributed by atoms with Gasteiger partial charge in [0.1, 0.15) is 9.81 Å². The highest BCUT2D eigenvalue weighted by Gasteiger charge is 2.32. The molecule has 0 spiro atoms. The summed E-state index contributed by atoms with van der Waals surface area (Å²) < 4.78 is 67.2. The van der Waals surface area contributed by atoms with Gasteiger partial charge in [-0.15, -0.1) is 0 Å². The number of benzene rings is 2. The molecule has 26 heavy (non-hydrogen) atoms. The first-order valence-corrected chi connectivity index (χ1v) is 9.71. The fourth-order valence-corrected chi connectivity index (χ4v) is 4.52. The third-order valence-electron chi connectivity index (χ3n) is 3.48. The minimum absolute atomic E-state index is 0.144. The second kappa shape index (κ2) is 6.49. The molecule has 0 bridgehead atoms. The van der Waals surface area contributed by atoms with E-state index >= 15 is 0 Å². The molecule has 12 heteroatoms. The van der Waals surface area contributed by atoms with Crippen molar-refractivity contribution in [2.75, 3.05) is 22.9 Å². The number of hydrogen-bond acceptors (Lipinski definition) is 8. The molecule has 140 valence electrons. The van der Waals surface area contributed by atoms with E-state index < -0.39 is 41.3 Å². The lowest BCUT2D eigenvalue weighted by atomic mass is 10.1. The molecular formula is C14H16N4O6S2. The number of nitrogen functional groups attached to an aromatic ring is 4. The van der Waals surface area contributed by atoms with Crippen LogP contribution in [0.25, 0.3) is 9.81 Å². The van der Waals surface area contributed by atoms with Crippen LogP contribution in [0.4, 0.5) is 22.7 Å². The van der Waals surface area contributed by atoms with Crippen LogP contribution in [0.5, 0.6) is 0 Å². The summed E-state index contributed by atoms with van der Waals surface area (Å²) in [5.41, 5.74) is 20.9. The van der Waals surface area contributed by atoms with E-state index in [1.807, 2.05) is 0 Å². The Morgan fingerprint density at radius 3 is 1.69 bits per heavy atom. The normalized spacial score (nSPS) is 13.3. The second-order valence-electron chi connectivity index (χ2n) is 5.23. The highest BCUT2D eigenvalue weighted by atomic mass is 32.2. The third-order valence-corrected chi connectivity index (χ3v) is 5.51. The van der Waals surface area contributed by atoms with Gasteiger partial charge in [0.15, 0.2) is 0 Å². The number of nitrogens with two attached hydrogens (primary N) is 4. The van der Waals surface area contributed by atoms with Gasteiger partial charge in [-0.1, -0.05) is 30.3 Å². The molecule has 2 aromatic rings. The van der Waals surface area contributed by atoms with Crippen LogP contribution in [-0.4, -0.2) is 25.9 Å². The lowest BCUT2D eigenvalue weighted by molar-refractivity contribution is 0.491. The molecule has 0 radical (unpaired) electrons. The van der Waals surface area contributed by atoms with Crippen molar-refractivity contribution in [2.24, 2.45) is 0 Å². The summed E-state index contributed by atoms with van der Waals surface area (Å²) in [7, 11) is -10.3. The van der Waals surface area contributed by atoms with Crippen LogP contribution >= 0.6 is 0 Å². The fourth-order valence-electron chi connectivity index (χ4n) is 2.31. The van der Waals surface area contributed by atoms with E-state index in [0.29, 0.717) is 0 Å². The van der Waals surface area contributed by atoms with Crippen LogP contribution in [0.2, 0.25) is 0 Å². The molecule has 10 nitrogen and oxygen atoms in total. The smallest absolute Gasteiger partial charge is 0.296 e. The molecular weight excluding hydrogens is 384 g/mol. The summed E-state index contributed by atoms with van der Waals surface area (Å²) in [6.45, 7) is 0. The maximum absolute atomic E-state index is 12.0. The van der Waals surface area contributed by atoms with Gasteiger partial charge in [-0.3, -0.25) is 9.11 Å². The molecule has 0 aliphatic carbocycles. The van der Waals surface area contributed by atoms with Crippen LogP contribution in [0, 0.1) is 0 Å². The van der Waals surface area contributed by atoms with Crippen molar-refractivity contribution in [1.82, 2.24) is 0 Å². The molecule has 0 saturated carbocycles. The first kappa shape index (κ1) is 19.5. The van der Waals surface area contributed by atoms with Gasteiger partial charge in [0.05, 0.1) is 22.7 Å². The van der Waals surface area contributed by atoms with Crippen molar-refractivity contribution in [3.63, 3.8) is 0 Å². The number of rotatable bonds is 4. The standard InChI is InChI=1S/C14H16N4O6S2/c15-9-6-8(10(16)12(18)11(9)17)14(26(22,23)24)13(25(19,20)21)7-4-2-1-3-5-7/h1-6H,15-18H2,(H,19,20,21)(H,22,23,24). The Morgan fingerprint density at radius 1 is 0.731 bits per heavy atom. The maximum Gasteiger partial charge on any atom is 0.296 e. The van der Waals surface area contributed by atoms with E-state index in [2.05, 4.69) is 0 Å². The fraction of sp³-hybridized carbons (Fsp3) is 0. The van der Waals surface area contributed by atoms with Gasteiger partial charge in [-0.05, 0) is 11.6 Å². The zero-order chi connectivity index (χ0) is 19.9. The summed E-state index contributed by atoms with van der Waals surface area (Å²) in [4.78, 5) is -2.27. The molecule has 0 unspecified atom stereocenters. The maximum atomic E-state index is 12.0. The molecule has 0 aromatic heterocycles. The predicted molar refractivity (Wildman–Crippen MR) is 100 cm³/mol. The van der Waals surface area contributed by atoms with Gasteiger partial charge < -0.3 is 22.9 Å². The lowest BCUT2D eigenvalue weighted by Gasteiger charge is -2.17. The molecule has 10 N–H and O–H groups in total. The van der Waals surface area contributed by atoms with Crippen LogP contribution in [0.15, 0.2) is 36.4 Å². The minimum Gasteiger partial charge on any atom is -0.397 e. The largest absolute Gasteiger partial charge is 0.397 e. The van der Waals surface area contributed by atoms with E-state index in [1.165, 1.54) is 30.3 Å². The van der Waals surface area contributed by atoms with Crippen molar-refractivity contribution in [3.05, 3.63) is 47.5 Å². The van der Waals surface area contributed by atoms with Crippen LogP contribution in [0.1, 0.15) is 11.1 Å². The lowest BCUT2D eigenvalue weighted by Crippen LogP contribution is -2.14. The van der Waals surface area contributed by atoms with Crippen molar-refractivity contribution < 1.29 is 25.9 Å². The first-order valence-electron chi connectivity index (χ1n) is 6.83. The first-order chi connectivity index (χ1) is 11.9. The Kier molecular flexibility index (Phi) is 4.88. The molecule has 0 fully saturated rings. The average molecular weight is 400 g/mol. The highest BCUT2D eigenvalue weighted by Crippen LogP contribution is 2.41. The molecule has 0 atom stereocenters. The molecule has 0 aliphatic rings.